The highest BCUT2D eigenvalue weighted by molar-refractivity contribution is 5.99. The largest absolute Gasteiger partial charge is 0.480 e. The van der Waals surface area contributed by atoms with Crippen LogP contribution in [0.5, 0.6) is 0 Å². The fourth-order valence-corrected chi connectivity index (χ4v) is 2.13. The lowest BCUT2D eigenvalue weighted by atomic mass is 9.97. The number of aliphatic carboxylic acids is 1. The minimum absolute atomic E-state index is 0.0166. The predicted molar refractivity (Wildman–Crippen MR) is 96.6 cm³/mol. The summed E-state index contributed by atoms with van der Waals surface area (Å²) in [5, 5.41) is 14.6. The molecule has 1 aromatic rings. The van der Waals surface area contributed by atoms with Gasteiger partial charge in [0.1, 0.15) is 6.04 Å². The quantitative estimate of drug-likeness (QED) is 0.706. The fraction of sp³-hybridized carbons (Fsp3) is 0.526. The summed E-state index contributed by atoms with van der Waals surface area (Å²) >= 11 is 0. The molecule has 0 unspecified atom stereocenters. The minimum Gasteiger partial charge on any atom is -0.480 e. The van der Waals surface area contributed by atoms with E-state index in [4.69, 9.17) is 0 Å². The smallest absolute Gasteiger partial charge is 0.326 e. The monoisotopic (exact) mass is 348 g/mol. The van der Waals surface area contributed by atoms with Crippen molar-refractivity contribution in [3.63, 3.8) is 0 Å². The van der Waals surface area contributed by atoms with Crippen molar-refractivity contribution >= 4 is 17.8 Å². The maximum atomic E-state index is 12.2. The Hall–Kier alpha value is -2.37. The molecular weight excluding hydrogens is 320 g/mol. The molecule has 25 heavy (non-hydrogen) atoms. The number of carboxylic acid groups (broad SMARTS) is 1. The van der Waals surface area contributed by atoms with Crippen molar-refractivity contribution in [3.8, 4) is 0 Å². The average Bonchev–Trinajstić information content (AvgIpc) is 2.55. The van der Waals surface area contributed by atoms with E-state index in [2.05, 4.69) is 10.6 Å². The van der Waals surface area contributed by atoms with Crippen LogP contribution in [-0.4, -0.2) is 35.5 Å². The number of hydrogen-bond donors (Lipinski definition) is 3. The van der Waals surface area contributed by atoms with Crippen LogP contribution in [0.1, 0.15) is 61.8 Å². The van der Waals surface area contributed by atoms with Crippen LogP contribution in [0.4, 0.5) is 0 Å². The highest BCUT2D eigenvalue weighted by Crippen LogP contribution is 2.12. The van der Waals surface area contributed by atoms with Gasteiger partial charge >= 0.3 is 5.97 Å². The predicted octanol–water partition coefficient (Wildman–Crippen LogP) is 2.69. The molecule has 138 valence electrons. The van der Waals surface area contributed by atoms with Gasteiger partial charge in [-0.2, -0.15) is 0 Å². The molecule has 0 bridgehead atoms. The van der Waals surface area contributed by atoms with Crippen LogP contribution in [0.25, 0.3) is 0 Å². The van der Waals surface area contributed by atoms with Crippen LogP contribution in [-0.2, 0) is 4.79 Å². The molecule has 2 atom stereocenters. The minimum atomic E-state index is -1.05. The second-order valence-corrected chi connectivity index (χ2v) is 7.50. The normalized spacial score (nSPS) is 13.6. The Kier molecular flexibility index (Phi) is 7.15. The summed E-state index contributed by atoms with van der Waals surface area (Å²) in [7, 11) is 0. The number of carboxylic acids is 1. The van der Waals surface area contributed by atoms with Gasteiger partial charge in [-0.25, -0.2) is 4.79 Å². The first-order valence-corrected chi connectivity index (χ1v) is 8.47. The average molecular weight is 348 g/mol. The molecule has 0 saturated carbocycles. The molecule has 0 aliphatic carbocycles. The molecule has 2 amide bonds. The second kappa shape index (κ2) is 8.65. The van der Waals surface area contributed by atoms with Gasteiger partial charge in [-0.1, -0.05) is 41.0 Å². The summed E-state index contributed by atoms with van der Waals surface area (Å²) in [5.74, 6) is -1.90. The molecule has 1 rings (SSSR count). The Labute approximate surface area is 149 Å². The SMILES string of the molecule is CC[C@H](C)[C@H](NC(=O)c1ccc(C(=O)NCC(C)(C)C)cc1)C(=O)O. The van der Waals surface area contributed by atoms with E-state index in [1.54, 1.807) is 19.1 Å². The van der Waals surface area contributed by atoms with Crippen molar-refractivity contribution in [2.45, 2.75) is 47.1 Å². The molecule has 0 aliphatic heterocycles. The number of rotatable bonds is 7. The van der Waals surface area contributed by atoms with Crippen LogP contribution in [0.2, 0.25) is 0 Å². The third-order valence-electron chi connectivity index (χ3n) is 3.95. The van der Waals surface area contributed by atoms with Crippen LogP contribution in [0.3, 0.4) is 0 Å². The zero-order chi connectivity index (χ0) is 19.2. The van der Waals surface area contributed by atoms with Crippen molar-refractivity contribution in [1.29, 1.82) is 0 Å². The summed E-state index contributed by atoms with van der Waals surface area (Å²) in [5.41, 5.74) is 0.761. The van der Waals surface area contributed by atoms with Crippen LogP contribution >= 0.6 is 0 Å². The van der Waals surface area contributed by atoms with Crippen LogP contribution < -0.4 is 10.6 Å². The fourth-order valence-electron chi connectivity index (χ4n) is 2.13. The molecule has 0 aromatic heterocycles. The van der Waals surface area contributed by atoms with Crippen molar-refractivity contribution < 1.29 is 19.5 Å². The number of carbonyl (C=O) groups excluding carboxylic acids is 2. The van der Waals surface area contributed by atoms with Gasteiger partial charge in [0, 0.05) is 17.7 Å². The third kappa shape index (κ3) is 6.57. The van der Waals surface area contributed by atoms with Crippen molar-refractivity contribution in [3.05, 3.63) is 35.4 Å². The lowest BCUT2D eigenvalue weighted by Gasteiger charge is -2.20. The molecule has 0 heterocycles. The molecule has 0 saturated heterocycles. The Balaban J connectivity index is 2.76. The number of benzene rings is 1. The van der Waals surface area contributed by atoms with Gasteiger partial charge < -0.3 is 15.7 Å². The lowest BCUT2D eigenvalue weighted by Crippen LogP contribution is -2.45. The number of amides is 2. The molecule has 0 spiro atoms. The van der Waals surface area contributed by atoms with Gasteiger partial charge in [-0.15, -0.1) is 0 Å². The molecule has 3 N–H and O–H groups in total. The first-order chi connectivity index (χ1) is 11.5. The van der Waals surface area contributed by atoms with E-state index in [1.165, 1.54) is 12.1 Å². The third-order valence-corrected chi connectivity index (χ3v) is 3.95. The summed E-state index contributed by atoms with van der Waals surface area (Å²) in [6, 6.07) is 5.23. The summed E-state index contributed by atoms with van der Waals surface area (Å²) in [6.45, 7) is 10.3. The zero-order valence-electron chi connectivity index (χ0n) is 15.6. The van der Waals surface area contributed by atoms with Gasteiger partial charge in [0.15, 0.2) is 0 Å². The topological polar surface area (TPSA) is 95.5 Å². The van der Waals surface area contributed by atoms with Gasteiger partial charge in [0.2, 0.25) is 0 Å². The van der Waals surface area contributed by atoms with Gasteiger partial charge in [-0.05, 0) is 35.6 Å². The summed E-state index contributed by atoms with van der Waals surface area (Å²) in [4.78, 5) is 35.6. The van der Waals surface area contributed by atoms with E-state index in [0.717, 1.165) is 0 Å². The Morgan fingerprint density at radius 3 is 1.92 bits per heavy atom. The molecule has 6 heteroatoms. The van der Waals surface area contributed by atoms with E-state index in [0.29, 0.717) is 24.1 Å². The number of hydrogen-bond acceptors (Lipinski definition) is 3. The van der Waals surface area contributed by atoms with Gasteiger partial charge in [0.25, 0.3) is 11.8 Å². The van der Waals surface area contributed by atoms with Crippen molar-refractivity contribution in [2.24, 2.45) is 11.3 Å². The second-order valence-electron chi connectivity index (χ2n) is 7.50. The molecular formula is C19H28N2O4. The number of nitrogens with one attached hydrogen (secondary N) is 2. The van der Waals surface area contributed by atoms with E-state index in [1.807, 2.05) is 27.7 Å². The lowest BCUT2D eigenvalue weighted by molar-refractivity contribution is -0.140. The Morgan fingerprint density at radius 1 is 1.04 bits per heavy atom. The van der Waals surface area contributed by atoms with E-state index >= 15 is 0 Å². The first kappa shape index (κ1) is 20.7. The van der Waals surface area contributed by atoms with Gasteiger partial charge in [-0.3, -0.25) is 9.59 Å². The zero-order valence-corrected chi connectivity index (χ0v) is 15.6. The Morgan fingerprint density at radius 2 is 1.52 bits per heavy atom. The Bertz CT molecular complexity index is 617. The highest BCUT2D eigenvalue weighted by atomic mass is 16.4. The van der Waals surface area contributed by atoms with E-state index < -0.39 is 17.9 Å². The van der Waals surface area contributed by atoms with Gasteiger partial charge in [0.05, 0.1) is 0 Å². The maximum Gasteiger partial charge on any atom is 0.326 e. The van der Waals surface area contributed by atoms with Crippen molar-refractivity contribution in [1.82, 2.24) is 10.6 Å². The van der Waals surface area contributed by atoms with Crippen LogP contribution in [0.15, 0.2) is 24.3 Å². The summed E-state index contributed by atoms with van der Waals surface area (Å²) in [6.07, 6.45) is 0.643. The maximum absolute atomic E-state index is 12.2. The van der Waals surface area contributed by atoms with Crippen molar-refractivity contribution in [2.75, 3.05) is 6.54 Å². The number of carbonyl (C=O) groups is 3. The molecule has 6 nitrogen and oxygen atoms in total. The highest BCUT2D eigenvalue weighted by Gasteiger charge is 2.25. The van der Waals surface area contributed by atoms with E-state index in [9.17, 15) is 19.5 Å². The molecule has 0 radical (unpaired) electrons. The molecule has 0 fully saturated rings. The molecule has 0 aliphatic rings. The molecule has 1 aromatic carbocycles. The summed E-state index contributed by atoms with van der Waals surface area (Å²) < 4.78 is 0. The van der Waals surface area contributed by atoms with E-state index in [-0.39, 0.29) is 17.2 Å². The van der Waals surface area contributed by atoms with Crippen LogP contribution in [0, 0.1) is 11.3 Å². The standard InChI is InChI=1S/C19H28N2O4/c1-6-12(2)15(18(24)25)21-17(23)14-9-7-13(8-10-14)16(22)20-11-19(3,4)5/h7-10,12,15H,6,11H2,1-5H3,(H,20,22)(H,21,23)(H,24,25)/t12-,15-/m0/s1. The first-order valence-electron chi connectivity index (χ1n) is 8.47.